The summed E-state index contributed by atoms with van der Waals surface area (Å²) in [5.41, 5.74) is -1.57. The summed E-state index contributed by atoms with van der Waals surface area (Å²) in [5, 5.41) is 0. The van der Waals surface area contributed by atoms with Crippen molar-refractivity contribution in [3.8, 4) is 0 Å². The van der Waals surface area contributed by atoms with Gasteiger partial charge in [-0.25, -0.2) is 0 Å². The Bertz CT molecular complexity index is 472. The van der Waals surface area contributed by atoms with Crippen molar-refractivity contribution in [3.05, 3.63) is 0 Å². The van der Waals surface area contributed by atoms with Crippen LogP contribution < -0.4 is 0 Å². The highest BCUT2D eigenvalue weighted by molar-refractivity contribution is 6.09. The number of ether oxygens (including phenoxy) is 1. The normalized spacial score (nSPS) is 28.8. The van der Waals surface area contributed by atoms with Gasteiger partial charge < -0.3 is 19.4 Å². The first kappa shape index (κ1) is 16.2. The van der Waals surface area contributed by atoms with Gasteiger partial charge in [-0.1, -0.05) is 0 Å². The van der Waals surface area contributed by atoms with Crippen LogP contribution in [0.3, 0.4) is 0 Å². The summed E-state index contributed by atoms with van der Waals surface area (Å²) in [4.78, 5) is 42.1. The van der Waals surface area contributed by atoms with E-state index in [2.05, 4.69) is 0 Å². The third kappa shape index (κ3) is 3.06. The number of likely N-dealkylation sites (tertiary alicyclic amines) is 2. The molecule has 0 aromatic heterocycles. The molecule has 0 spiro atoms. The quantitative estimate of drug-likeness (QED) is 0.673. The Balaban J connectivity index is 1.86. The van der Waals surface area contributed by atoms with Crippen molar-refractivity contribution in [2.45, 2.75) is 37.7 Å². The molecule has 0 saturated carbocycles. The zero-order chi connectivity index (χ0) is 16.3. The van der Waals surface area contributed by atoms with Gasteiger partial charge in [-0.15, -0.1) is 0 Å². The van der Waals surface area contributed by atoms with E-state index >= 15 is 0 Å². The standard InChI is InChI=1S/C16H24N3O4/c20-13-17-10-11-23-16(12-17,15(22)19-8-4-5-9-19)14(21)18-6-2-1-3-7-18/h1-12H2. The largest absolute Gasteiger partial charge is 0.353 e. The fourth-order valence-corrected chi connectivity index (χ4v) is 3.68. The zero-order valence-corrected chi connectivity index (χ0v) is 13.5. The molecule has 23 heavy (non-hydrogen) atoms. The molecule has 0 bridgehead atoms. The molecule has 0 aromatic rings. The lowest BCUT2D eigenvalue weighted by molar-refractivity contribution is -0.182. The number of hydrogen-bond acceptors (Lipinski definition) is 4. The molecule has 3 amide bonds. The molecule has 1 atom stereocenters. The molecule has 1 unspecified atom stereocenters. The smallest absolute Gasteiger partial charge is 0.312 e. The SMILES string of the molecule is O=[C]N1CCOC(C(=O)N2CCCCC2)(C(=O)N2CCCC2)C1. The van der Waals surface area contributed by atoms with Gasteiger partial charge in [0.25, 0.3) is 11.8 Å². The second-order valence-electron chi connectivity index (χ2n) is 6.54. The van der Waals surface area contributed by atoms with Gasteiger partial charge in [0.1, 0.15) is 0 Å². The Kier molecular flexibility index (Phi) is 4.84. The average molecular weight is 322 g/mol. The molecule has 7 nitrogen and oxygen atoms in total. The summed E-state index contributed by atoms with van der Waals surface area (Å²) in [6, 6.07) is 0. The van der Waals surface area contributed by atoms with Crippen molar-refractivity contribution >= 4 is 18.2 Å². The van der Waals surface area contributed by atoms with Gasteiger partial charge in [0.2, 0.25) is 5.60 Å². The Morgan fingerprint density at radius 1 is 0.826 bits per heavy atom. The molecule has 3 aliphatic heterocycles. The van der Waals surface area contributed by atoms with Gasteiger partial charge in [0, 0.05) is 32.7 Å². The number of carbonyl (C=O) groups excluding carboxylic acids is 3. The lowest BCUT2D eigenvalue weighted by Gasteiger charge is -2.43. The maximum atomic E-state index is 13.1. The van der Waals surface area contributed by atoms with Gasteiger partial charge in [-0.2, -0.15) is 0 Å². The molecule has 3 fully saturated rings. The Hall–Kier alpha value is -1.63. The second-order valence-corrected chi connectivity index (χ2v) is 6.54. The predicted octanol–water partition coefficient (Wildman–Crippen LogP) is -0.240. The van der Waals surface area contributed by atoms with Crippen LogP contribution in [0.2, 0.25) is 0 Å². The first-order chi connectivity index (χ1) is 11.2. The number of hydrogen-bond donors (Lipinski definition) is 0. The van der Waals surface area contributed by atoms with Crippen LogP contribution in [0, 0.1) is 0 Å². The molecule has 1 radical (unpaired) electrons. The highest BCUT2D eigenvalue weighted by Crippen LogP contribution is 2.27. The van der Waals surface area contributed by atoms with E-state index in [0.717, 1.165) is 32.1 Å². The minimum Gasteiger partial charge on any atom is -0.353 e. The number of piperidine rings is 1. The monoisotopic (exact) mass is 322 g/mol. The van der Waals surface area contributed by atoms with E-state index in [1.54, 1.807) is 9.80 Å². The van der Waals surface area contributed by atoms with Crippen LogP contribution in [0.4, 0.5) is 0 Å². The zero-order valence-electron chi connectivity index (χ0n) is 13.5. The summed E-state index contributed by atoms with van der Waals surface area (Å²) in [7, 11) is 0. The van der Waals surface area contributed by atoms with Crippen LogP contribution in [-0.4, -0.2) is 84.4 Å². The van der Waals surface area contributed by atoms with E-state index in [9.17, 15) is 14.4 Å². The molecule has 3 saturated heterocycles. The average Bonchev–Trinajstić information content (AvgIpc) is 3.15. The molecule has 127 valence electrons. The lowest BCUT2D eigenvalue weighted by atomic mass is 9.96. The van der Waals surface area contributed by atoms with E-state index in [0.29, 0.717) is 32.7 Å². The molecule has 3 heterocycles. The molecule has 7 heteroatoms. The van der Waals surface area contributed by atoms with Gasteiger partial charge in [-0.05, 0) is 32.1 Å². The van der Waals surface area contributed by atoms with E-state index in [4.69, 9.17) is 4.74 Å². The Morgan fingerprint density at radius 2 is 1.35 bits per heavy atom. The van der Waals surface area contributed by atoms with E-state index in [-0.39, 0.29) is 25.0 Å². The highest BCUT2D eigenvalue weighted by atomic mass is 16.5. The van der Waals surface area contributed by atoms with Crippen LogP contribution >= 0.6 is 0 Å². The fraction of sp³-hybridized carbons (Fsp3) is 0.812. The van der Waals surface area contributed by atoms with Crippen molar-refractivity contribution in [1.29, 1.82) is 0 Å². The number of carbonyl (C=O) groups is 2. The molecule has 3 aliphatic rings. The van der Waals surface area contributed by atoms with Crippen LogP contribution in [-0.2, 0) is 19.1 Å². The van der Waals surface area contributed by atoms with E-state index < -0.39 is 5.60 Å². The Morgan fingerprint density at radius 3 is 1.87 bits per heavy atom. The number of amides is 3. The van der Waals surface area contributed by atoms with Gasteiger partial charge in [0.15, 0.2) is 0 Å². The maximum Gasteiger partial charge on any atom is 0.312 e. The molecule has 0 N–H and O–H groups in total. The minimum atomic E-state index is -1.57. The third-order valence-corrected chi connectivity index (χ3v) is 4.98. The molecule has 0 aromatic carbocycles. The summed E-state index contributed by atoms with van der Waals surface area (Å²) in [6.07, 6.45) is 6.72. The van der Waals surface area contributed by atoms with Crippen molar-refractivity contribution in [3.63, 3.8) is 0 Å². The van der Waals surface area contributed by atoms with Crippen LogP contribution in [0.1, 0.15) is 32.1 Å². The molecular weight excluding hydrogens is 298 g/mol. The van der Waals surface area contributed by atoms with E-state index in [1.807, 2.05) is 6.41 Å². The fourth-order valence-electron chi connectivity index (χ4n) is 3.68. The second kappa shape index (κ2) is 6.86. The van der Waals surface area contributed by atoms with E-state index in [1.165, 1.54) is 4.90 Å². The molecule has 3 rings (SSSR count). The van der Waals surface area contributed by atoms with Crippen LogP contribution in [0.5, 0.6) is 0 Å². The maximum absolute atomic E-state index is 13.1. The predicted molar refractivity (Wildman–Crippen MR) is 82.2 cm³/mol. The summed E-state index contributed by atoms with van der Waals surface area (Å²) < 4.78 is 5.78. The first-order valence-electron chi connectivity index (χ1n) is 8.53. The van der Waals surface area contributed by atoms with Gasteiger partial charge in [-0.3, -0.25) is 14.4 Å². The topological polar surface area (TPSA) is 70.2 Å². The highest BCUT2D eigenvalue weighted by Gasteiger charge is 2.54. The van der Waals surface area contributed by atoms with Crippen molar-refractivity contribution in [1.82, 2.24) is 14.7 Å². The third-order valence-electron chi connectivity index (χ3n) is 4.98. The van der Waals surface area contributed by atoms with Gasteiger partial charge in [0.05, 0.1) is 13.2 Å². The lowest BCUT2D eigenvalue weighted by Crippen LogP contribution is -2.67. The number of rotatable bonds is 3. The molecular formula is C16H24N3O4. The van der Waals surface area contributed by atoms with Crippen molar-refractivity contribution in [2.75, 3.05) is 45.9 Å². The Labute approximate surface area is 136 Å². The van der Waals surface area contributed by atoms with Crippen molar-refractivity contribution < 1.29 is 19.1 Å². The summed E-state index contributed by atoms with van der Waals surface area (Å²) in [6.45, 7) is 3.15. The van der Waals surface area contributed by atoms with Gasteiger partial charge >= 0.3 is 6.41 Å². The number of morpholine rings is 1. The van der Waals surface area contributed by atoms with Crippen LogP contribution in [0.25, 0.3) is 0 Å². The minimum absolute atomic E-state index is 0.0266. The first-order valence-corrected chi connectivity index (χ1v) is 8.53. The van der Waals surface area contributed by atoms with Crippen LogP contribution in [0.15, 0.2) is 0 Å². The summed E-state index contributed by atoms with van der Waals surface area (Å²) >= 11 is 0. The van der Waals surface area contributed by atoms with Crippen molar-refractivity contribution in [2.24, 2.45) is 0 Å². The number of nitrogens with zero attached hydrogens (tertiary/aromatic N) is 3. The molecule has 0 aliphatic carbocycles. The summed E-state index contributed by atoms with van der Waals surface area (Å²) in [5.74, 6) is -0.570.